The Hall–Kier alpha value is -1.51. The predicted molar refractivity (Wildman–Crippen MR) is 85.0 cm³/mol. The lowest BCUT2D eigenvalue weighted by Crippen LogP contribution is -2.64. The lowest BCUT2D eigenvalue weighted by molar-refractivity contribution is -0.245. The van der Waals surface area contributed by atoms with Crippen LogP contribution in [-0.2, 0) is 16.1 Å². The average molecular weight is 338 g/mol. The van der Waals surface area contributed by atoms with Crippen LogP contribution in [0, 0.1) is 0 Å². The Kier molecular flexibility index (Phi) is 4.89. The minimum absolute atomic E-state index is 0.113. The number of rotatable bonds is 4. The second kappa shape index (κ2) is 6.78. The van der Waals surface area contributed by atoms with Crippen LogP contribution in [-0.4, -0.2) is 72.8 Å². The summed E-state index contributed by atoms with van der Waals surface area (Å²) in [6, 6.07) is 0. The number of hydrogen-bond acceptors (Lipinski definition) is 6. The Bertz CT molecular complexity index is 552. The van der Waals surface area contributed by atoms with Crippen LogP contribution < -0.4 is 0 Å². The summed E-state index contributed by atoms with van der Waals surface area (Å²) in [6.45, 7) is 3.87. The van der Waals surface area contributed by atoms with Gasteiger partial charge in [0.1, 0.15) is 24.4 Å². The molecule has 134 valence electrons. The van der Waals surface area contributed by atoms with E-state index in [0.717, 1.165) is 6.42 Å². The standard InChI is InChI=1S/C16H26N4O4/c1-15(23)6-10-24-16(14(15)22)4-8-19(9-5-16)13(21)3-2-7-20-12-17-11-18-20/h11-12,14,22-23H,2-10H2,1H3/t14-,15+/m0/s1. The third-order valence-electron chi connectivity index (χ3n) is 5.29. The van der Waals surface area contributed by atoms with Crippen LogP contribution in [0.1, 0.15) is 39.0 Å². The summed E-state index contributed by atoms with van der Waals surface area (Å²) in [7, 11) is 0. The molecule has 1 aromatic heterocycles. The number of ether oxygens (including phenoxy) is 1. The fraction of sp³-hybridized carbons (Fsp3) is 0.812. The number of aryl methyl sites for hydroxylation is 1. The van der Waals surface area contributed by atoms with Gasteiger partial charge in [-0.2, -0.15) is 5.10 Å². The number of aromatic nitrogens is 3. The molecule has 1 aromatic rings. The van der Waals surface area contributed by atoms with Gasteiger partial charge in [0.05, 0.1) is 12.2 Å². The number of amides is 1. The molecule has 3 heterocycles. The van der Waals surface area contributed by atoms with Gasteiger partial charge < -0.3 is 19.8 Å². The maximum absolute atomic E-state index is 12.3. The zero-order valence-electron chi connectivity index (χ0n) is 14.1. The van der Waals surface area contributed by atoms with Crippen molar-refractivity contribution in [1.82, 2.24) is 19.7 Å². The highest BCUT2D eigenvalue weighted by Gasteiger charge is 2.52. The van der Waals surface area contributed by atoms with Gasteiger partial charge in [0.25, 0.3) is 0 Å². The molecule has 2 saturated heterocycles. The first-order chi connectivity index (χ1) is 11.4. The van der Waals surface area contributed by atoms with Crippen molar-refractivity contribution in [2.75, 3.05) is 19.7 Å². The van der Waals surface area contributed by atoms with Gasteiger partial charge in [0, 0.05) is 32.5 Å². The lowest BCUT2D eigenvalue weighted by atomic mass is 9.75. The number of hydrogen-bond donors (Lipinski definition) is 2. The maximum atomic E-state index is 12.3. The summed E-state index contributed by atoms with van der Waals surface area (Å²) >= 11 is 0. The maximum Gasteiger partial charge on any atom is 0.222 e. The molecule has 0 aromatic carbocycles. The van der Waals surface area contributed by atoms with E-state index in [1.807, 2.05) is 4.90 Å². The van der Waals surface area contributed by atoms with Crippen molar-refractivity contribution in [3.8, 4) is 0 Å². The van der Waals surface area contributed by atoms with E-state index < -0.39 is 17.3 Å². The second-order valence-corrected chi connectivity index (χ2v) is 7.07. The number of aliphatic hydroxyl groups is 2. The number of nitrogens with zero attached hydrogens (tertiary/aromatic N) is 4. The van der Waals surface area contributed by atoms with Crippen molar-refractivity contribution < 1.29 is 19.7 Å². The molecule has 2 aliphatic heterocycles. The molecular formula is C16H26N4O4. The van der Waals surface area contributed by atoms with E-state index in [0.29, 0.717) is 51.9 Å². The van der Waals surface area contributed by atoms with Gasteiger partial charge in [-0.3, -0.25) is 9.48 Å². The molecule has 1 amide bonds. The SMILES string of the molecule is C[C@@]1(O)CCOC2(CCN(C(=O)CCCn3cncn3)CC2)[C@H]1O. The molecule has 8 nitrogen and oxygen atoms in total. The van der Waals surface area contributed by atoms with Gasteiger partial charge in [0.15, 0.2) is 0 Å². The van der Waals surface area contributed by atoms with E-state index in [2.05, 4.69) is 10.1 Å². The fourth-order valence-electron chi connectivity index (χ4n) is 3.69. The topological polar surface area (TPSA) is 101 Å². The quantitative estimate of drug-likeness (QED) is 0.798. The Morgan fingerprint density at radius 3 is 2.79 bits per heavy atom. The third-order valence-corrected chi connectivity index (χ3v) is 5.29. The van der Waals surface area contributed by atoms with Crippen LogP contribution in [0.2, 0.25) is 0 Å². The van der Waals surface area contributed by atoms with Gasteiger partial charge >= 0.3 is 0 Å². The van der Waals surface area contributed by atoms with Crippen molar-refractivity contribution in [2.45, 2.75) is 62.9 Å². The molecule has 0 radical (unpaired) electrons. The second-order valence-electron chi connectivity index (χ2n) is 7.07. The Morgan fingerprint density at radius 1 is 1.38 bits per heavy atom. The molecule has 0 unspecified atom stereocenters. The summed E-state index contributed by atoms with van der Waals surface area (Å²) in [5, 5.41) is 24.8. The van der Waals surface area contributed by atoms with Crippen molar-refractivity contribution in [3.63, 3.8) is 0 Å². The number of carbonyl (C=O) groups is 1. The summed E-state index contributed by atoms with van der Waals surface area (Å²) in [4.78, 5) is 18.0. The first-order valence-electron chi connectivity index (χ1n) is 8.58. The van der Waals surface area contributed by atoms with Crippen LogP contribution in [0.3, 0.4) is 0 Å². The summed E-state index contributed by atoms with van der Waals surface area (Å²) in [6.07, 6.45) is 4.94. The predicted octanol–water partition coefficient (Wildman–Crippen LogP) is -0.0483. The minimum Gasteiger partial charge on any atom is -0.387 e. The molecule has 2 fully saturated rings. The molecule has 24 heavy (non-hydrogen) atoms. The smallest absolute Gasteiger partial charge is 0.222 e. The highest BCUT2D eigenvalue weighted by Crippen LogP contribution is 2.39. The summed E-state index contributed by atoms with van der Waals surface area (Å²) in [5.74, 6) is 0.113. The van der Waals surface area contributed by atoms with Gasteiger partial charge in [-0.05, 0) is 26.2 Å². The van der Waals surface area contributed by atoms with Crippen molar-refractivity contribution in [3.05, 3.63) is 12.7 Å². The highest BCUT2D eigenvalue weighted by molar-refractivity contribution is 5.76. The Labute approximate surface area is 141 Å². The van der Waals surface area contributed by atoms with Crippen molar-refractivity contribution in [1.29, 1.82) is 0 Å². The minimum atomic E-state index is -1.12. The van der Waals surface area contributed by atoms with E-state index >= 15 is 0 Å². The van der Waals surface area contributed by atoms with Crippen LogP contribution in [0.25, 0.3) is 0 Å². The number of aliphatic hydroxyl groups excluding tert-OH is 1. The summed E-state index contributed by atoms with van der Waals surface area (Å²) in [5.41, 5.74) is -1.85. The van der Waals surface area contributed by atoms with Crippen molar-refractivity contribution >= 4 is 5.91 Å². The van der Waals surface area contributed by atoms with Gasteiger partial charge in [-0.15, -0.1) is 0 Å². The Morgan fingerprint density at radius 2 is 2.12 bits per heavy atom. The first-order valence-corrected chi connectivity index (χ1v) is 8.58. The van der Waals surface area contributed by atoms with E-state index in [4.69, 9.17) is 4.74 Å². The monoisotopic (exact) mass is 338 g/mol. The average Bonchev–Trinajstić information content (AvgIpc) is 3.06. The largest absolute Gasteiger partial charge is 0.387 e. The molecule has 3 rings (SSSR count). The Balaban J connectivity index is 1.48. The molecule has 1 spiro atoms. The fourth-order valence-corrected chi connectivity index (χ4v) is 3.69. The van der Waals surface area contributed by atoms with E-state index in [-0.39, 0.29) is 5.91 Å². The molecule has 2 aliphatic rings. The van der Waals surface area contributed by atoms with Crippen LogP contribution >= 0.6 is 0 Å². The molecular weight excluding hydrogens is 312 g/mol. The van der Waals surface area contributed by atoms with Crippen LogP contribution in [0.5, 0.6) is 0 Å². The molecule has 0 aliphatic carbocycles. The number of piperidine rings is 1. The normalized spacial score (nSPS) is 29.8. The zero-order chi connectivity index (χ0) is 17.2. The van der Waals surface area contributed by atoms with Gasteiger partial charge in [-0.1, -0.05) is 0 Å². The molecule has 2 N–H and O–H groups in total. The molecule has 8 heteroatoms. The zero-order valence-corrected chi connectivity index (χ0v) is 14.1. The number of carbonyl (C=O) groups excluding carboxylic acids is 1. The van der Waals surface area contributed by atoms with Crippen molar-refractivity contribution in [2.24, 2.45) is 0 Å². The van der Waals surface area contributed by atoms with E-state index in [1.54, 1.807) is 17.9 Å². The lowest BCUT2D eigenvalue weighted by Gasteiger charge is -2.51. The van der Waals surface area contributed by atoms with E-state index in [1.165, 1.54) is 6.33 Å². The first kappa shape index (κ1) is 17.3. The van der Waals surface area contributed by atoms with E-state index in [9.17, 15) is 15.0 Å². The molecule has 0 bridgehead atoms. The highest BCUT2D eigenvalue weighted by atomic mass is 16.5. The van der Waals surface area contributed by atoms with Gasteiger partial charge in [-0.25, -0.2) is 4.98 Å². The third kappa shape index (κ3) is 3.45. The van der Waals surface area contributed by atoms with Gasteiger partial charge in [0.2, 0.25) is 5.91 Å². The number of likely N-dealkylation sites (tertiary alicyclic amines) is 1. The van der Waals surface area contributed by atoms with Crippen LogP contribution in [0.4, 0.5) is 0 Å². The molecule has 2 atom stereocenters. The molecule has 0 saturated carbocycles. The summed E-state index contributed by atoms with van der Waals surface area (Å²) < 4.78 is 7.56. The van der Waals surface area contributed by atoms with Crippen LogP contribution in [0.15, 0.2) is 12.7 Å².